The Morgan fingerprint density at radius 3 is 2.48 bits per heavy atom. The van der Waals surface area contributed by atoms with Crippen molar-refractivity contribution in [3.63, 3.8) is 0 Å². The van der Waals surface area contributed by atoms with E-state index >= 15 is 0 Å². The fourth-order valence-corrected chi connectivity index (χ4v) is 3.79. The van der Waals surface area contributed by atoms with Crippen molar-refractivity contribution in [3.8, 4) is 22.6 Å². The Hall–Kier alpha value is -4.13. The molecule has 33 heavy (non-hydrogen) atoms. The van der Waals surface area contributed by atoms with E-state index in [-0.39, 0.29) is 11.4 Å². The first-order chi connectivity index (χ1) is 15.9. The van der Waals surface area contributed by atoms with Crippen LogP contribution in [-0.4, -0.2) is 28.0 Å². The second-order valence-electron chi connectivity index (χ2n) is 7.57. The molecule has 0 unspecified atom stereocenters. The molecule has 4 aromatic rings. The van der Waals surface area contributed by atoms with E-state index in [4.69, 9.17) is 9.84 Å². The molecule has 1 heterocycles. The number of ether oxygens (including phenoxy) is 1. The van der Waals surface area contributed by atoms with Gasteiger partial charge in [-0.3, -0.25) is 0 Å². The number of carbonyl (C=O) groups is 1. The number of aromatic carboxylic acids is 1. The summed E-state index contributed by atoms with van der Waals surface area (Å²) in [5, 5.41) is 18.0. The Kier molecular flexibility index (Phi) is 6.13. The number of halogens is 1. The average Bonchev–Trinajstić information content (AvgIpc) is 3.18. The summed E-state index contributed by atoms with van der Waals surface area (Å²) in [6.07, 6.45) is 0.634. The molecule has 0 saturated heterocycles. The molecule has 3 aromatic carbocycles. The number of nitrogens with one attached hydrogen (secondary N) is 1. The van der Waals surface area contributed by atoms with Crippen LogP contribution in [0.5, 0.6) is 5.75 Å². The third-order valence-electron chi connectivity index (χ3n) is 5.48. The summed E-state index contributed by atoms with van der Waals surface area (Å²) in [5.74, 6) is -0.378. The van der Waals surface area contributed by atoms with Crippen LogP contribution in [0.4, 0.5) is 15.9 Å². The van der Waals surface area contributed by atoms with Crippen LogP contribution in [0, 0.1) is 12.7 Å². The zero-order valence-corrected chi connectivity index (χ0v) is 18.6. The SMILES string of the molecule is CCc1nn(-c2ccccc2C)c(Nc2ccc(OC)cc2C(=O)O)c1-c1ccc(F)cc1. The number of para-hydroxylation sites is 1. The summed E-state index contributed by atoms with van der Waals surface area (Å²) in [6, 6.07) is 18.8. The lowest BCUT2D eigenvalue weighted by molar-refractivity contribution is 0.0697. The van der Waals surface area contributed by atoms with Crippen molar-refractivity contribution in [3.05, 3.63) is 89.4 Å². The molecule has 0 amide bonds. The number of anilines is 2. The molecule has 168 valence electrons. The molecule has 2 N–H and O–H groups in total. The maximum absolute atomic E-state index is 13.7. The van der Waals surface area contributed by atoms with E-state index in [0.717, 1.165) is 28.1 Å². The van der Waals surface area contributed by atoms with Gasteiger partial charge in [-0.1, -0.05) is 37.3 Å². The predicted molar refractivity (Wildman–Crippen MR) is 126 cm³/mol. The van der Waals surface area contributed by atoms with Crippen molar-refractivity contribution >= 4 is 17.5 Å². The Morgan fingerprint density at radius 1 is 1.12 bits per heavy atom. The zero-order valence-electron chi connectivity index (χ0n) is 18.6. The molecule has 0 fully saturated rings. The van der Waals surface area contributed by atoms with Crippen LogP contribution in [0.15, 0.2) is 66.7 Å². The molecule has 4 rings (SSSR count). The van der Waals surface area contributed by atoms with Gasteiger partial charge in [0, 0.05) is 5.56 Å². The van der Waals surface area contributed by atoms with Gasteiger partial charge < -0.3 is 15.2 Å². The van der Waals surface area contributed by atoms with E-state index < -0.39 is 5.97 Å². The molecule has 1 aromatic heterocycles. The largest absolute Gasteiger partial charge is 0.497 e. The second-order valence-corrected chi connectivity index (χ2v) is 7.57. The lowest BCUT2D eigenvalue weighted by Gasteiger charge is -2.16. The lowest BCUT2D eigenvalue weighted by atomic mass is 10.0. The Morgan fingerprint density at radius 2 is 1.85 bits per heavy atom. The number of aromatic nitrogens is 2. The number of benzene rings is 3. The minimum atomic E-state index is -1.09. The van der Waals surface area contributed by atoms with Gasteiger partial charge in [0.05, 0.1) is 29.7 Å². The van der Waals surface area contributed by atoms with Crippen LogP contribution in [0.1, 0.15) is 28.5 Å². The van der Waals surface area contributed by atoms with Crippen molar-refractivity contribution in [2.45, 2.75) is 20.3 Å². The Labute approximate surface area is 191 Å². The first-order valence-corrected chi connectivity index (χ1v) is 10.5. The summed E-state index contributed by atoms with van der Waals surface area (Å²) in [4.78, 5) is 12.0. The lowest BCUT2D eigenvalue weighted by Crippen LogP contribution is -2.08. The molecule has 0 atom stereocenters. The van der Waals surface area contributed by atoms with Gasteiger partial charge in [0.15, 0.2) is 0 Å². The molecular weight excluding hydrogens is 421 g/mol. The third-order valence-corrected chi connectivity index (χ3v) is 5.48. The number of carboxylic acids is 1. The topological polar surface area (TPSA) is 76.4 Å². The summed E-state index contributed by atoms with van der Waals surface area (Å²) >= 11 is 0. The molecule has 0 saturated carbocycles. The number of methoxy groups -OCH3 is 1. The normalized spacial score (nSPS) is 10.8. The number of nitrogens with zero attached hydrogens (tertiary/aromatic N) is 2. The highest BCUT2D eigenvalue weighted by Crippen LogP contribution is 2.37. The van der Waals surface area contributed by atoms with E-state index in [2.05, 4.69) is 5.32 Å². The predicted octanol–water partition coefficient (Wildman–Crippen LogP) is 6.00. The van der Waals surface area contributed by atoms with Crippen LogP contribution in [0.2, 0.25) is 0 Å². The first-order valence-electron chi connectivity index (χ1n) is 10.5. The smallest absolute Gasteiger partial charge is 0.337 e. The summed E-state index contributed by atoms with van der Waals surface area (Å²) in [6.45, 7) is 3.98. The van der Waals surface area contributed by atoms with E-state index in [1.807, 2.05) is 38.1 Å². The van der Waals surface area contributed by atoms with Crippen LogP contribution in [-0.2, 0) is 6.42 Å². The van der Waals surface area contributed by atoms with E-state index in [9.17, 15) is 14.3 Å². The number of aryl methyl sites for hydroxylation is 2. The molecule has 7 heteroatoms. The number of hydrogen-bond donors (Lipinski definition) is 2. The van der Waals surface area contributed by atoms with E-state index in [0.29, 0.717) is 23.7 Å². The summed E-state index contributed by atoms with van der Waals surface area (Å²) < 4.78 is 20.6. The van der Waals surface area contributed by atoms with Crippen molar-refractivity contribution in [2.24, 2.45) is 0 Å². The highest BCUT2D eigenvalue weighted by Gasteiger charge is 2.22. The maximum Gasteiger partial charge on any atom is 0.337 e. The first kappa shape index (κ1) is 22.1. The summed E-state index contributed by atoms with van der Waals surface area (Å²) in [7, 11) is 1.49. The fraction of sp³-hybridized carbons (Fsp3) is 0.154. The van der Waals surface area contributed by atoms with Gasteiger partial charge >= 0.3 is 5.97 Å². The van der Waals surface area contributed by atoms with Gasteiger partial charge in [-0.25, -0.2) is 13.9 Å². The van der Waals surface area contributed by atoms with Crippen molar-refractivity contribution in [1.29, 1.82) is 0 Å². The Balaban J connectivity index is 1.97. The maximum atomic E-state index is 13.7. The van der Waals surface area contributed by atoms with E-state index in [1.54, 1.807) is 28.9 Å². The molecule has 0 aliphatic carbocycles. The number of hydrogen-bond acceptors (Lipinski definition) is 4. The third kappa shape index (κ3) is 4.30. The van der Waals surface area contributed by atoms with Gasteiger partial charge in [0.2, 0.25) is 0 Å². The minimum Gasteiger partial charge on any atom is -0.497 e. The second kappa shape index (κ2) is 9.16. The molecule has 0 spiro atoms. The quantitative estimate of drug-likeness (QED) is 0.365. The van der Waals surface area contributed by atoms with Gasteiger partial charge in [-0.05, 0) is 60.9 Å². The van der Waals surface area contributed by atoms with Crippen molar-refractivity contribution in [1.82, 2.24) is 9.78 Å². The molecule has 0 aliphatic rings. The van der Waals surface area contributed by atoms with Crippen molar-refractivity contribution in [2.75, 3.05) is 12.4 Å². The van der Waals surface area contributed by atoms with Crippen LogP contribution >= 0.6 is 0 Å². The average molecular weight is 445 g/mol. The monoisotopic (exact) mass is 445 g/mol. The molecular formula is C26H24FN3O3. The van der Waals surface area contributed by atoms with Crippen LogP contribution < -0.4 is 10.1 Å². The fourth-order valence-electron chi connectivity index (χ4n) is 3.79. The standard InChI is InChI=1S/C26H24FN3O3/c1-4-21-24(17-9-11-18(27)12-10-17)25(30(29-21)23-8-6-5-7-16(23)2)28-22-14-13-19(33-3)15-20(22)26(31)32/h5-15,28H,4H2,1-3H3,(H,31,32). The highest BCUT2D eigenvalue weighted by atomic mass is 19.1. The number of carboxylic acid groups (broad SMARTS) is 1. The van der Waals surface area contributed by atoms with Gasteiger partial charge in [0.1, 0.15) is 17.4 Å². The Bertz CT molecular complexity index is 1310. The molecule has 0 radical (unpaired) electrons. The highest BCUT2D eigenvalue weighted by molar-refractivity contribution is 5.96. The van der Waals surface area contributed by atoms with Crippen LogP contribution in [0.25, 0.3) is 16.8 Å². The zero-order chi connectivity index (χ0) is 23.5. The molecule has 6 nitrogen and oxygen atoms in total. The number of rotatable bonds is 7. The van der Waals surface area contributed by atoms with Gasteiger partial charge in [0.25, 0.3) is 0 Å². The molecule has 0 bridgehead atoms. The van der Waals surface area contributed by atoms with Gasteiger partial charge in [-0.15, -0.1) is 0 Å². The van der Waals surface area contributed by atoms with Crippen molar-refractivity contribution < 1.29 is 19.0 Å². The van der Waals surface area contributed by atoms with Crippen LogP contribution in [0.3, 0.4) is 0 Å². The summed E-state index contributed by atoms with van der Waals surface area (Å²) in [5.41, 5.74) is 4.68. The van der Waals surface area contributed by atoms with Gasteiger partial charge in [-0.2, -0.15) is 5.10 Å². The minimum absolute atomic E-state index is 0.0648. The van der Waals surface area contributed by atoms with E-state index in [1.165, 1.54) is 25.3 Å². The molecule has 0 aliphatic heterocycles.